The van der Waals surface area contributed by atoms with E-state index in [4.69, 9.17) is 0 Å². The van der Waals surface area contributed by atoms with Crippen LogP contribution in [0.1, 0.15) is 37.5 Å². The predicted octanol–water partition coefficient (Wildman–Crippen LogP) is 4.74. The molecule has 1 aromatic heterocycles. The van der Waals surface area contributed by atoms with Gasteiger partial charge in [0.05, 0.1) is 12.3 Å². The number of anilines is 1. The molecule has 1 aliphatic heterocycles. The molecule has 0 spiro atoms. The van der Waals surface area contributed by atoms with Crippen molar-refractivity contribution in [2.24, 2.45) is 4.99 Å². The van der Waals surface area contributed by atoms with E-state index in [1.807, 2.05) is 50.2 Å². The largest absolute Gasteiger partial charge is 0.294 e. The zero-order chi connectivity index (χ0) is 20.5. The van der Waals surface area contributed by atoms with Crippen LogP contribution in [0, 0.1) is 20.8 Å². The maximum Gasteiger partial charge on any atom is 0.249 e. The summed E-state index contributed by atoms with van der Waals surface area (Å²) in [6.07, 6.45) is 0. The fourth-order valence-electron chi connectivity index (χ4n) is 3.55. The fraction of sp³-hybridized carbons (Fsp3) is 0.208. The first kappa shape index (κ1) is 19.3. The van der Waals surface area contributed by atoms with Crippen LogP contribution in [0.3, 0.4) is 0 Å². The maximum atomic E-state index is 13.0. The van der Waals surface area contributed by atoms with Gasteiger partial charge in [-0.1, -0.05) is 54.1 Å². The number of benzene rings is 2. The molecule has 2 heterocycles. The summed E-state index contributed by atoms with van der Waals surface area (Å²) in [5.74, 6) is -0.230. The zero-order valence-corrected chi connectivity index (χ0v) is 17.5. The Kier molecular flexibility index (Phi) is 5.16. The van der Waals surface area contributed by atoms with Crippen LogP contribution in [0.2, 0.25) is 0 Å². The summed E-state index contributed by atoms with van der Waals surface area (Å²) in [4.78, 5) is 33.2. The molecule has 0 atom stereocenters. The van der Waals surface area contributed by atoms with Crippen LogP contribution in [0.15, 0.2) is 59.6 Å². The lowest BCUT2D eigenvalue weighted by Crippen LogP contribution is -2.36. The Balaban J connectivity index is 1.79. The van der Waals surface area contributed by atoms with E-state index in [0.29, 0.717) is 5.56 Å². The average molecular weight is 403 g/mol. The summed E-state index contributed by atoms with van der Waals surface area (Å²) in [6.45, 7) is 6.20. The molecule has 146 valence electrons. The van der Waals surface area contributed by atoms with E-state index >= 15 is 0 Å². The molecule has 0 bridgehead atoms. The Morgan fingerprint density at radius 2 is 1.83 bits per heavy atom. The molecule has 4 nitrogen and oxygen atoms in total. The summed E-state index contributed by atoms with van der Waals surface area (Å²) in [5, 5.41) is 0.812. The van der Waals surface area contributed by atoms with Crippen molar-refractivity contribution in [2.75, 3.05) is 18.0 Å². The Morgan fingerprint density at radius 3 is 2.55 bits per heavy atom. The van der Waals surface area contributed by atoms with Gasteiger partial charge in [-0.2, -0.15) is 0 Å². The average Bonchev–Trinajstić information content (AvgIpc) is 2.93. The first-order chi connectivity index (χ1) is 14.0. The van der Waals surface area contributed by atoms with Gasteiger partial charge in [0.2, 0.25) is 5.91 Å². The topological polar surface area (TPSA) is 49.7 Å². The minimum atomic E-state index is -0.153. The Labute approximate surface area is 174 Å². The number of amides is 1. The van der Waals surface area contributed by atoms with Gasteiger partial charge in [-0.05, 0) is 32.4 Å². The molecule has 4 rings (SSSR count). The minimum Gasteiger partial charge on any atom is -0.294 e. The van der Waals surface area contributed by atoms with Crippen LogP contribution in [-0.4, -0.2) is 30.5 Å². The van der Waals surface area contributed by atoms with E-state index in [0.717, 1.165) is 37.8 Å². The number of rotatable bonds is 4. The summed E-state index contributed by atoms with van der Waals surface area (Å²) in [7, 11) is 0. The number of thiophene rings is 1. The van der Waals surface area contributed by atoms with E-state index in [1.54, 1.807) is 28.4 Å². The first-order valence-corrected chi connectivity index (χ1v) is 10.4. The van der Waals surface area contributed by atoms with Gasteiger partial charge in [-0.3, -0.25) is 19.5 Å². The summed E-state index contributed by atoms with van der Waals surface area (Å²) < 4.78 is 0. The second-order valence-corrected chi connectivity index (χ2v) is 8.47. The Hall–Kier alpha value is -3.05. The molecule has 0 unspecified atom stereocenters. The van der Waals surface area contributed by atoms with E-state index < -0.39 is 0 Å². The number of aryl methyl sites for hydroxylation is 2. The molecular formula is C24H22N2O2S. The van der Waals surface area contributed by atoms with Gasteiger partial charge in [0, 0.05) is 21.6 Å². The molecule has 1 aliphatic rings. The SMILES string of the molecule is Cc1cccc(C2=NCC(=O)N(CC(=O)c3ccccc3)c3sc(C)c(C)c32)c1. The number of ketones is 1. The van der Waals surface area contributed by atoms with E-state index in [-0.39, 0.29) is 24.8 Å². The molecule has 3 aromatic rings. The Morgan fingerprint density at radius 1 is 1.07 bits per heavy atom. The standard InChI is InChI=1S/C24H22N2O2S/c1-15-8-7-11-19(12-15)23-22-16(2)17(3)29-24(22)26(21(28)13-25-23)14-20(27)18-9-5-4-6-10-18/h4-12H,13-14H2,1-3H3. The quantitative estimate of drug-likeness (QED) is 0.592. The molecule has 0 aliphatic carbocycles. The highest BCUT2D eigenvalue weighted by molar-refractivity contribution is 7.17. The highest BCUT2D eigenvalue weighted by atomic mass is 32.1. The van der Waals surface area contributed by atoms with Gasteiger partial charge in [0.15, 0.2) is 5.78 Å². The van der Waals surface area contributed by atoms with Crippen LogP contribution in [0.25, 0.3) is 0 Å². The molecule has 0 fully saturated rings. The second-order valence-electron chi connectivity index (χ2n) is 7.27. The summed E-state index contributed by atoms with van der Waals surface area (Å²) in [5.41, 5.74) is 5.64. The van der Waals surface area contributed by atoms with Crippen LogP contribution in [-0.2, 0) is 4.79 Å². The van der Waals surface area contributed by atoms with Crippen molar-refractivity contribution >= 4 is 33.7 Å². The Bertz CT molecular complexity index is 1130. The number of fused-ring (bicyclic) bond motifs is 1. The van der Waals surface area contributed by atoms with E-state index in [9.17, 15) is 9.59 Å². The van der Waals surface area contributed by atoms with E-state index in [1.165, 1.54) is 0 Å². The number of hydrogen-bond donors (Lipinski definition) is 0. The summed E-state index contributed by atoms with van der Waals surface area (Å²) in [6, 6.07) is 17.3. The number of Topliss-reactive ketones (excluding diaryl/α,β-unsaturated/α-hetero) is 1. The monoisotopic (exact) mass is 402 g/mol. The minimum absolute atomic E-state index is 0.0197. The molecule has 2 aromatic carbocycles. The van der Waals surface area contributed by atoms with Crippen LogP contribution in [0.5, 0.6) is 0 Å². The number of carbonyl (C=O) groups is 2. The van der Waals surface area contributed by atoms with E-state index in [2.05, 4.69) is 18.0 Å². The van der Waals surface area contributed by atoms with Crippen LogP contribution in [0.4, 0.5) is 5.00 Å². The third kappa shape index (κ3) is 3.66. The van der Waals surface area contributed by atoms with Gasteiger partial charge in [0.25, 0.3) is 0 Å². The predicted molar refractivity (Wildman–Crippen MR) is 119 cm³/mol. The third-order valence-corrected chi connectivity index (χ3v) is 6.44. The molecule has 29 heavy (non-hydrogen) atoms. The highest BCUT2D eigenvalue weighted by Crippen LogP contribution is 2.38. The number of hydrogen-bond acceptors (Lipinski definition) is 4. The van der Waals surface area contributed by atoms with Crippen molar-refractivity contribution in [3.05, 3.63) is 87.3 Å². The van der Waals surface area contributed by atoms with Crippen molar-refractivity contribution in [1.82, 2.24) is 0 Å². The van der Waals surface area contributed by atoms with Gasteiger partial charge < -0.3 is 0 Å². The fourth-order valence-corrected chi connectivity index (χ4v) is 4.72. The van der Waals surface area contributed by atoms with Crippen molar-refractivity contribution in [2.45, 2.75) is 20.8 Å². The number of carbonyl (C=O) groups excluding carboxylic acids is 2. The van der Waals surface area contributed by atoms with Crippen molar-refractivity contribution in [3.8, 4) is 0 Å². The number of nitrogens with zero attached hydrogens (tertiary/aromatic N) is 2. The third-order valence-electron chi connectivity index (χ3n) is 5.21. The first-order valence-electron chi connectivity index (χ1n) is 9.56. The molecule has 0 radical (unpaired) electrons. The smallest absolute Gasteiger partial charge is 0.249 e. The van der Waals surface area contributed by atoms with Crippen LogP contribution < -0.4 is 4.90 Å². The van der Waals surface area contributed by atoms with Crippen molar-refractivity contribution < 1.29 is 9.59 Å². The summed E-state index contributed by atoms with van der Waals surface area (Å²) >= 11 is 1.55. The lowest BCUT2D eigenvalue weighted by molar-refractivity contribution is -0.117. The van der Waals surface area contributed by atoms with Gasteiger partial charge in [0.1, 0.15) is 11.5 Å². The van der Waals surface area contributed by atoms with Crippen molar-refractivity contribution in [1.29, 1.82) is 0 Å². The maximum absolute atomic E-state index is 13.0. The molecular weight excluding hydrogens is 380 g/mol. The molecule has 0 saturated heterocycles. The normalized spacial score (nSPS) is 13.7. The molecule has 0 saturated carbocycles. The lowest BCUT2D eigenvalue weighted by atomic mass is 9.98. The van der Waals surface area contributed by atoms with Gasteiger partial charge in [-0.15, -0.1) is 11.3 Å². The van der Waals surface area contributed by atoms with Crippen molar-refractivity contribution in [3.63, 3.8) is 0 Å². The van der Waals surface area contributed by atoms with Gasteiger partial charge >= 0.3 is 0 Å². The zero-order valence-electron chi connectivity index (χ0n) is 16.7. The van der Waals surface area contributed by atoms with Crippen LogP contribution >= 0.6 is 11.3 Å². The number of aliphatic imine (C=N–C) groups is 1. The lowest BCUT2D eigenvalue weighted by Gasteiger charge is -2.20. The highest BCUT2D eigenvalue weighted by Gasteiger charge is 2.30. The molecule has 5 heteroatoms. The molecule has 1 amide bonds. The molecule has 0 N–H and O–H groups in total. The second kappa shape index (κ2) is 7.76. The van der Waals surface area contributed by atoms with Gasteiger partial charge in [-0.25, -0.2) is 0 Å².